The Balaban J connectivity index is 0.00000200. The summed E-state index contributed by atoms with van der Waals surface area (Å²) in [4.78, 5) is 15.9. The molecule has 2 aromatic heterocycles. The highest BCUT2D eigenvalue weighted by Crippen LogP contribution is 2.09. The van der Waals surface area contributed by atoms with Gasteiger partial charge in [0.05, 0.1) is 11.9 Å². The Hall–Kier alpha value is -1.67. The first kappa shape index (κ1) is 19.3. The van der Waals surface area contributed by atoms with Crippen LogP contribution in [0.15, 0.2) is 36.8 Å². The van der Waals surface area contributed by atoms with Gasteiger partial charge in [-0.25, -0.2) is 9.67 Å². The first-order chi connectivity index (χ1) is 9.24. The van der Waals surface area contributed by atoms with Gasteiger partial charge in [0, 0.05) is 26.0 Å². The Labute approximate surface area is 134 Å². The zero-order valence-corrected chi connectivity index (χ0v) is 12.9. The highest BCUT2D eigenvalue weighted by molar-refractivity contribution is 5.94. The SMILES string of the molecule is COC(CN)C(=O)Nc1ccc(-n2cccn2)nc1.Cl.Cl. The molecule has 0 bridgehead atoms. The number of nitrogens with two attached hydrogens (primary N) is 1. The van der Waals surface area contributed by atoms with Gasteiger partial charge in [0.25, 0.3) is 5.91 Å². The molecule has 21 heavy (non-hydrogen) atoms. The average molecular weight is 334 g/mol. The zero-order valence-electron chi connectivity index (χ0n) is 11.3. The molecule has 2 heterocycles. The van der Waals surface area contributed by atoms with Crippen molar-refractivity contribution in [2.75, 3.05) is 19.0 Å². The molecule has 116 valence electrons. The van der Waals surface area contributed by atoms with Crippen molar-refractivity contribution in [1.29, 1.82) is 0 Å². The monoisotopic (exact) mass is 333 g/mol. The van der Waals surface area contributed by atoms with Crippen LogP contribution in [-0.4, -0.2) is 40.4 Å². The molecule has 2 aromatic rings. The Morgan fingerprint density at radius 1 is 1.48 bits per heavy atom. The van der Waals surface area contributed by atoms with E-state index in [1.54, 1.807) is 35.4 Å². The summed E-state index contributed by atoms with van der Waals surface area (Å²) >= 11 is 0. The van der Waals surface area contributed by atoms with E-state index in [-0.39, 0.29) is 37.3 Å². The molecular weight excluding hydrogens is 317 g/mol. The number of ether oxygens (including phenoxy) is 1. The van der Waals surface area contributed by atoms with Crippen molar-refractivity contribution in [3.8, 4) is 5.82 Å². The number of pyridine rings is 1. The molecule has 0 aromatic carbocycles. The van der Waals surface area contributed by atoms with Crippen molar-refractivity contribution in [2.45, 2.75) is 6.10 Å². The molecule has 3 N–H and O–H groups in total. The third-order valence-corrected chi connectivity index (χ3v) is 2.55. The fourth-order valence-electron chi connectivity index (χ4n) is 1.53. The minimum Gasteiger partial charge on any atom is -0.370 e. The number of carbonyl (C=O) groups excluding carboxylic acids is 1. The van der Waals surface area contributed by atoms with Gasteiger partial charge in [-0.2, -0.15) is 5.10 Å². The van der Waals surface area contributed by atoms with Gasteiger partial charge in [-0.15, -0.1) is 24.8 Å². The average Bonchev–Trinajstić information content (AvgIpc) is 2.95. The molecule has 0 saturated heterocycles. The van der Waals surface area contributed by atoms with E-state index in [2.05, 4.69) is 15.4 Å². The second-order valence-corrected chi connectivity index (χ2v) is 3.81. The standard InChI is InChI=1S/C12H15N5O2.2ClH/c1-19-10(7-13)12(18)16-9-3-4-11(14-8-9)17-6-2-5-15-17;;/h2-6,8,10H,7,13H2,1H3,(H,16,18);2*1H. The maximum Gasteiger partial charge on any atom is 0.254 e. The molecule has 9 heteroatoms. The summed E-state index contributed by atoms with van der Waals surface area (Å²) in [6.07, 6.45) is 4.35. The minimum atomic E-state index is -0.661. The highest BCUT2D eigenvalue weighted by atomic mass is 35.5. The van der Waals surface area contributed by atoms with Crippen LogP contribution in [0.25, 0.3) is 5.82 Å². The summed E-state index contributed by atoms with van der Waals surface area (Å²) in [6, 6.07) is 5.31. The predicted octanol–water partition coefficient (Wildman–Crippen LogP) is 1.02. The van der Waals surface area contributed by atoms with Crippen molar-refractivity contribution in [3.63, 3.8) is 0 Å². The molecule has 1 unspecified atom stereocenters. The van der Waals surface area contributed by atoms with Gasteiger partial charge >= 0.3 is 0 Å². The molecule has 0 fully saturated rings. The van der Waals surface area contributed by atoms with E-state index in [4.69, 9.17) is 10.5 Å². The second kappa shape index (κ2) is 9.30. The smallest absolute Gasteiger partial charge is 0.254 e. The second-order valence-electron chi connectivity index (χ2n) is 3.81. The van der Waals surface area contributed by atoms with Gasteiger partial charge in [0.2, 0.25) is 0 Å². The van der Waals surface area contributed by atoms with Crippen molar-refractivity contribution in [1.82, 2.24) is 14.8 Å². The number of amides is 1. The summed E-state index contributed by atoms with van der Waals surface area (Å²) in [6.45, 7) is 0.126. The van der Waals surface area contributed by atoms with Crippen LogP contribution >= 0.6 is 24.8 Å². The fourth-order valence-corrected chi connectivity index (χ4v) is 1.53. The zero-order chi connectivity index (χ0) is 13.7. The van der Waals surface area contributed by atoms with E-state index >= 15 is 0 Å². The van der Waals surface area contributed by atoms with Crippen LogP contribution in [-0.2, 0) is 9.53 Å². The van der Waals surface area contributed by atoms with Gasteiger partial charge in [0.1, 0.15) is 6.10 Å². The number of hydrogen-bond acceptors (Lipinski definition) is 5. The lowest BCUT2D eigenvalue weighted by Gasteiger charge is -2.12. The summed E-state index contributed by atoms with van der Waals surface area (Å²) < 4.78 is 6.57. The van der Waals surface area contributed by atoms with Crippen LogP contribution in [0.4, 0.5) is 5.69 Å². The quantitative estimate of drug-likeness (QED) is 0.851. The summed E-state index contributed by atoms with van der Waals surface area (Å²) in [7, 11) is 1.44. The number of nitrogens with one attached hydrogen (secondary N) is 1. The van der Waals surface area contributed by atoms with Gasteiger partial charge in [0.15, 0.2) is 5.82 Å². The molecule has 7 nitrogen and oxygen atoms in total. The summed E-state index contributed by atoms with van der Waals surface area (Å²) in [5.74, 6) is 0.378. The summed E-state index contributed by atoms with van der Waals surface area (Å²) in [5.41, 5.74) is 5.99. The number of carbonyl (C=O) groups is 1. The Bertz CT molecular complexity index is 529. The maximum absolute atomic E-state index is 11.7. The largest absolute Gasteiger partial charge is 0.370 e. The first-order valence-corrected chi connectivity index (χ1v) is 5.74. The van der Waals surface area contributed by atoms with Crippen LogP contribution in [0, 0.1) is 0 Å². The molecule has 1 atom stereocenters. The van der Waals surface area contributed by atoms with Crippen LogP contribution in [0.2, 0.25) is 0 Å². The van der Waals surface area contributed by atoms with Crippen LogP contribution in [0.5, 0.6) is 0 Å². The molecule has 0 radical (unpaired) electrons. The topological polar surface area (TPSA) is 95.1 Å². The Morgan fingerprint density at radius 3 is 2.71 bits per heavy atom. The molecule has 0 aliphatic rings. The van der Waals surface area contributed by atoms with Crippen molar-refractivity contribution in [2.24, 2.45) is 5.73 Å². The van der Waals surface area contributed by atoms with E-state index in [1.807, 2.05) is 6.07 Å². The minimum absolute atomic E-state index is 0. The predicted molar refractivity (Wildman–Crippen MR) is 84.3 cm³/mol. The number of aromatic nitrogens is 3. The molecule has 0 aliphatic carbocycles. The van der Waals surface area contributed by atoms with Crippen LogP contribution < -0.4 is 11.1 Å². The van der Waals surface area contributed by atoms with Crippen LogP contribution in [0.1, 0.15) is 0 Å². The molecule has 0 spiro atoms. The number of hydrogen-bond donors (Lipinski definition) is 2. The van der Waals surface area contributed by atoms with Gasteiger partial charge in [-0.3, -0.25) is 4.79 Å². The van der Waals surface area contributed by atoms with E-state index in [0.717, 1.165) is 0 Å². The lowest BCUT2D eigenvalue weighted by atomic mass is 10.3. The van der Waals surface area contributed by atoms with Crippen molar-refractivity contribution >= 4 is 36.4 Å². The Kier molecular flexibility index (Phi) is 8.56. The van der Waals surface area contributed by atoms with E-state index in [1.165, 1.54) is 7.11 Å². The van der Waals surface area contributed by atoms with E-state index in [0.29, 0.717) is 11.5 Å². The summed E-state index contributed by atoms with van der Waals surface area (Å²) in [5, 5.41) is 6.74. The highest BCUT2D eigenvalue weighted by Gasteiger charge is 2.15. The number of rotatable bonds is 5. The molecule has 1 amide bonds. The van der Waals surface area contributed by atoms with Crippen LogP contribution in [0.3, 0.4) is 0 Å². The lowest BCUT2D eigenvalue weighted by molar-refractivity contribution is -0.125. The number of anilines is 1. The number of nitrogens with zero attached hydrogens (tertiary/aromatic N) is 3. The first-order valence-electron chi connectivity index (χ1n) is 5.74. The van der Waals surface area contributed by atoms with Gasteiger partial charge < -0.3 is 15.8 Å². The third kappa shape index (κ3) is 4.98. The molecular formula is C12H17Cl2N5O2. The lowest BCUT2D eigenvalue weighted by Crippen LogP contribution is -2.35. The normalized spacial score (nSPS) is 11.0. The molecule has 0 aliphatic heterocycles. The number of halogens is 2. The molecule has 0 saturated carbocycles. The Morgan fingerprint density at radius 2 is 2.24 bits per heavy atom. The number of methoxy groups -OCH3 is 1. The van der Waals surface area contributed by atoms with Gasteiger partial charge in [-0.05, 0) is 18.2 Å². The van der Waals surface area contributed by atoms with Crippen molar-refractivity contribution < 1.29 is 9.53 Å². The van der Waals surface area contributed by atoms with Crippen molar-refractivity contribution in [3.05, 3.63) is 36.8 Å². The van der Waals surface area contributed by atoms with E-state index in [9.17, 15) is 4.79 Å². The molecule has 2 rings (SSSR count). The van der Waals surface area contributed by atoms with E-state index < -0.39 is 6.10 Å². The fraction of sp³-hybridized carbons (Fsp3) is 0.250. The third-order valence-electron chi connectivity index (χ3n) is 2.55. The maximum atomic E-state index is 11.7. The van der Waals surface area contributed by atoms with Gasteiger partial charge in [-0.1, -0.05) is 0 Å².